The highest BCUT2D eigenvalue weighted by Gasteiger charge is 2.36. The Morgan fingerprint density at radius 1 is 1.21 bits per heavy atom. The molecule has 0 aromatic carbocycles. The van der Waals surface area contributed by atoms with Crippen LogP contribution in [0.2, 0.25) is 0 Å². The van der Waals surface area contributed by atoms with Gasteiger partial charge < -0.3 is 16.0 Å². The van der Waals surface area contributed by atoms with Crippen LogP contribution in [0.1, 0.15) is 57.1 Å². The molecule has 0 spiro atoms. The number of aryl methyl sites for hydroxylation is 1. The lowest BCUT2D eigenvalue weighted by Gasteiger charge is -2.39. The molecule has 2 aliphatic rings. The van der Waals surface area contributed by atoms with E-state index in [9.17, 15) is 9.59 Å². The van der Waals surface area contributed by atoms with E-state index in [4.69, 9.17) is 5.73 Å². The van der Waals surface area contributed by atoms with E-state index in [-0.39, 0.29) is 48.0 Å². The number of halogens is 2. The van der Waals surface area contributed by atoms with Crippen molar-refractivity contribution in [2.24, 2.45) is 17.1 Å². The van der Waals surface area contributed by atoms with Crippen molar-refractivity contribution in [3.63, 3.8) is 0 Å². The van der Waals surface area contributed by atoms with Gasteiger partial charge in [0, 0.05) is 25.2 Å². The molecular weight excluding hydrogens is 411 g/mol. The third-order valence-corrected chi connectivity index (χ3v) is 6.16. The minimum absolute atomic E-state index is 0. The molecule has 3 N–H and O–H groups in total. The number of nitrogens with two attached hydrogens (primary N) is 1. The Kier molecular flexibility index (Phi) is 10.4. The smallest absolute Gasteiger partial charge is 0.230 e. The first kappa shape index (κ1) is 25.7. The lowest BCUT2D eigenvalue weighted by molar-refractivity contribution is -0.137. The Hall–Kier alpha value is -1.37. The lowest BCUT2D eigenvalue weighted by Crippen LogP contribution is -2.46. The maximum atomic E-state index is 12.9. The van der Waals surface area contributed by atoms with E-state index in [0.29, 0.717) is 25.3 Å². The van der Waals surface area contributed by atoms with E-state index >= 15 is 0 Å². The van der Waals surface area contributed by atoms with E-state index in [0.717, 1.165) is 37.9 Å². The molecule has 1 aromatic rings. The summed E-state index contributed by atoms with van der Waals surface area (Å²) in [6, 6.07) is 5.57. The summed E-state index contributed by atoms with van der Waals surface area (Å²) < 4.78 is 0. The number of hydrogen-bond donors (Lipinski definition) is 2. The molecule has 164 valence electrons. The largest absolute Gasteiger partial charge is 0.342 e. The van der Waals surface area contributed by atoms with Gasteiger partial charge in [-0.2, -0.15) is 0 Å². The van der Waals surface area contributed by atoms with Crippen molar-refractivity contribution in [1.82, 2.24) is 9.88 Å². The van der Waals surface area contributed by atoms with Crippen LogP contribution in [0.25, 0.3) is 0 Å². The highest BCUT2D eigenvalue weighted by atomic mass is 35.5. The van der Waals surface area contributed by atoms with Gasteiger partial charge in [-0.25, -0.2) is 4.98 Å². The first-order chi connectivity index (χ1) is 13.0. The molecule has 3 rings (SSSR count). The maximum absolute atomic E-state index is 12.9. The summed E-state index contributed by atoms with van der Waals surface area (Å²) in [5.74, 6) is 0.517. The summed E-state index contributed by atoms with van der Waals surface area (Å²) in [4.78, 5) is 31.8. The normalized spacial score (nSPS) is 20.8. The van der Waals surface area contributed by atoms with Crippen LogP contribution in [0.3, 0.4) is 0 Å². The Labute approximate surface area is 186 Å². The number of rotatable bonds is 5. The van der Waals surface area contributed by atoms with Crippen LogP contribution >= 0.6 is 24.8 Å². The zero-order chi connectivity index (χ0) is 19.3. The molecule has 1 aliphatic carbocycles. The molecule has 1 atom stereocenters. The van der Waals surface area contributed by atoms with E-state index in [1.165, 1.54) is 19.3 Å². The minimum atomic E-state index is -0.176. The maximum Gasteiger partial charge on any atom is 0.230 e. The fourth-order valence-electron chi connectivity index (χ4n) is 4.45. The molecule has 0 bridgehead atoms. The predicted molar refractivity (Wildman–Crippen MR) is 121 cm³/mol. The second kappa shape index (κ2) is 11.7. The van der Waals surface area contributed by atoms with Gasteiger partial charge in [0.1, 0.15) is 5.82 Å². The zero-order valence-electron chi connectivity index (χ0n) is 17.2. The third-order valence-electron chi connectivity index (χ3n) is 6.16. The molecule has 6 nitrogen and oxygen atoms in total. The van der Waals surface area contributed by atoms with E-state index in [1.54, 1.807) is 6.07 Å². The minimum Gasteiger partial charge on any atom is -0.342 e. The first-order valence-electron chi connectivity index (χ1n) is 10.2. The number of aromatic nitrogens is 1. The molecule has 1 aromatic heterocycles. The number of hydrogen-bond acceptors (Lipinski definition) is 4. The van der Waals surface area contributed by atoms with Crippen LogP contribution < -0.4 is 11.1 Å². The van der Waals surface area contributed by atoms with Crippen LogP contribution in [-0.4, -0.2) is 41.3 Å². The summed E-state index contributed by atoms with van der Waals surface area (Å²) in [6.45, 7) is 3.72. The molecular formula is C21H34Cl2N4O2. The number of nitrogens with zero attached hydrogens (tertiary/aromatic N) is 2. The standard InChI is InChI=1S/C21H32N4O2.2ClH/c1-16-7-5-9-18(23-16)24-20(27)17-8-6-12-25(14-17)19(26)13-21(15-22)10-3-2-4-11-21;;/h5,7,9,17H,2-4,6,8,10-15,22H2,1H3,(H,23,24,27);2*1H. The van der Waals surface area contributed by atoms with Crippen LogP contribution in [-0.2, 0) is 9.59 Å². The van der Waals surface area contributed by atoms with Crippen molar-refractivity contribution in [2.45, 2.75) is 58.3 Å². The summed E-state index contributed by atoms with van der Waals surface area (Å²) in [6.07, 6.45) is 7.87. The number of piperidine rings is 1. The second-order valence-electron chi connectivity index (χ2n) is 8.27. The molecule has 0 radical (unpaired) electrons. The fourth-order valence-corrected chi connectivity index (χ4v) is 4.45. The van der Waals surface area contributed by atoms with Crippen molar-refractivity contribution >= 4 is 42.4 Å². The number of likely N-dealkylation sites (tertiary alicyclic amines) is 1. The van der Waals surface area contributed by atoms with Crippen molar-refractivity contribution in [3.05, 3.63) is 23.9 Å². The topological polar surface area (TPSA) is 88.3 Å². The quantitative estimate of drug-likeness (QED) is 0.723. The van der Waals surface area contributed by atoms with Crippen molar-refractivity contribution in [1.29, 1.82) is 0 Å². The van der Waals surface area contributed by atoms with Gasteiger partial charge in [-0.3, -0.25) is 9.59 Å². The Morgan fingerprint density at radius 3 is 2.59 bits per heavy atom. The monoisotopic (exact) mass is 444 g/mol. The molecule has 2 amide bonds. The van der Waals surface area contributed by atoms with Gasteiger partial charge in [0.15, 0.2) is 0 Å². The number of anilines is 1. The molecule has 1 saturated heterocycles. The van der Waals surface area contributed by atoms with Gasteiger partial charge in [-0.1, -0.05) is 25.3 Å². The summed E-state index contributed by atoms with van der Waals surface area (Å²) in [5.41, 5.74) is 6.88. The van der Waals surface area contributed by atoms with Crippen LogP contribution in [0.5, 0.6) is 0 Å². The van der Waals surface area contributed by atoms with Gasteiger partial charge in [0.05, 0.1) is 5.92 Å². The van der Waals surface area contributed by atoms with Gasteiger partial charge >= 0.3 is 0 Å². The van der Waals surface area contributed by atoms with Crippen LogP contribution in [0.15, 0.2) is 18.2 Å². The number of nitrogens with one attached hydrogen (secondary N) is 1. The Bertz CT molecular complexity index is 680. The summed E-state index contributed by atoms with van der Waals surface area (Å²) >= 11 is 0. The molecule has 1 unspecified atom stereocenters. The molecule has 8 heteroatoms. The molecule has 1 saturated carbocycles. The van der Waals surface area contributed by atoms with Crippen molar-refractivity contribution < 1.29 is 9.59 Å². The van der Waals surface area contributed by atoms with Crippen LogP contribution in [0, 0.1) is 18.3 Å². The number of carbonyl (C=O) groups is 2. The van der Waals surface area contributed by atoms with Crippen molar-refractivity contribution in [2.75, 3.05) is 25.0 Å². The summed E-state index contributed by atoms with van der Waals surface area (Å²) in [5, 5.41) is 2.90. The van der Waals surface area contributed by atoms with Gasteiger partial charge in [0.25, 0.3) is 0 Å². The molecule has 2 heterocycles. The van der Waals surface area contributed by atoms with Crippen LogP contribution in [0.4, 0.5) is 5.82 Å². The molecule has 1 aliphatic heterocycles. The summed E-state index contributed by atoms with van der Waals surface area (Å²) in [7, 11) is 0. The van der Waals surface area contributed by atoms with Gasteiger partial charge in [-0.05, 0) is 56.7 Å². The SMILES string of the molecule is Cc1cccc(NC(=O)C2CCCN(C(=O)CC3(CN)CCCCC3)C2)n1.Cl.Cl. The number of amides is 2. The average Bonchev–Trinajstić information content (AvgIpc) is 2.69. The lowest BCUT2D eigenvalue weighted by atomic mass is 9.71. The Balaban J connectivity index is 0.00000210. The highest BCUT2D eigenvalue weighted by molar-refractivity contribution is 5.92. The highest BCUT2D eigenvalue weighted by Crippen LogP contribution is 2.39. The Morgan fingerprint density at radius 2 is 1.93 bits per heavy atom. The fraction of sp³-hybridized carbons (Fsp3) is 0.667. The third kappa shape index (κ3) is 6.83. The van der Waals surface area contributed by atoms with E-state index in [2.05, 4.69) is 10.3 Å². The van der Waals surface area contributed by atoms with Crippen molar-refractivity contribution in [3.8, 4) is 0 Å². The number of pyridine rings is 1. The molecule has 29 heavy (non-hydrogen) atoms. The average molecular weight is 445 g/mol. The van der Waals surface area contributed by atoms with Gasteiger partial charge in [-0.15, -0.1) is 24.8 Å². The number of carbonyl (C=O) groups excluding carboxylic acids is 2. The first-order valence-corrected chi connectivity index (χ1v) is 10.2. The van der Waals surface area contributed by atoms with Gasteiger partial charge in [0.2, 0.25) is 11.8 Å². The predicted octanol–water partition coefficient (Wildman–Crippen LogP) is 3.71. The van der Waals surface area contributed by atoms with E-state index < -0.39 is 0 Å². The van der Waals surface area contributed by atoms with E-state index in [1.807, 2.05) is 24.0 Å². The zero-order valence-corrected chi connectivity index (χ0v) is 18.8. The second-order valence-corrected chi connectivity index (χ2v) is 8.27. The molecule has 2 fully saturated rings.